The number of nitrogens with one attached hydrogen (secondary N) is 1. The van der Waals surface area contributed by atoms with E-state index in [1.54, 1.807) is 12.1 Å². The molecule has 3 aromatic rings. The molecule has 3 aromatic carbocycles. The lowest BCUT2D eigenvalue weighted by atomic mass is 10.0. The molecule has 40 heavy (non-hydrogen) atoms. The third-order valence-corrected chi connectivity index (χ3v) is 7.86. The molecule has 0 radical (unpaired) electrons. The Bertz CT molecular complexity index is 1440. The zero-order chi connectivity index (χ0) is 29.4. The molecule has 0 aliphatic rings. The number of amides is 2. The number of anilines is 1. The molecular weight excluding hydrogens is 594 g/mol. The van der Waals surface area contributed by atoms with Crippen molar-refractivity contribution in [2.45, 2.75) is 45.8 Å². The molecule has 0 bridgehead atoms. The summed E-state index contributed by atoms with van der Waals surface area (Å²) < 4.78 is 27.6. The van der Waals surface area contributed by atoms with Gasteiger partial charge >= 0.3 is 0 Å². The molecule has 0 spiro atoms. The summed E-state index contributed by atoms with van der Waals surface area (Å²) in [5.41, 5.74) is 2.15. The molecule has 10 heteroatoms. The Labute approximate surface area is 244 Å². The molecule has 0 heterocycles. The molecule has 1 atom stereocenters. The van der Waals surface area contributed by atoms with Gasteiger partial charge in [0.05, 0.1) is 11.9 Å². The second-order valence-corrected chi connectivity index (χ2v) is 12.7. The van der Waals surface area contributed by atoms with Crippen LogP contribution in [-0.2, 0) is 32.6 Å². The highest BCUT2D eigenvalue weighted by Crippen LogP contribution is 2.22. The minimum Gasteiger partial charge on any atom is -0.352 e. The van der Waals surface area contributed by atoms with Crippen molar-refractivity contribution in [3.05, 3.63) is 100 Å². The first-order chi connectivity index (χ1) is 18.8. The first kappa shape index (κ1) is 31.0. The second-order valence-electron chi connectivity index (χ2n) is 9.89. The van der Waals surface area contributed by atoms with E-state index in [4.69, 9.17) is 0 Å². The third-order valence-electron chi connectivity index (χ3n) is 6.19. The highest BCUT2D eigenvalue weighted by atomic mass is 79.9. The molecule has 0 saturated carbocycles. The number of rotatable bonds is 12. The molecule has 3 rings (SSSR count). The van der Waals surface area contributed by atoms with E-state index in [2.05, 4.69) is 21.2 Å². The van der Waals surface area contributed by atoms with Crippen LogP contribution in [0.3, 0.4) is 0 Å². The molecule has 0 aliphatic carbocycles. The van der Waals surface area contributed by atoms with Crippen LogP contribution in [0.2, 0.25) is 0 Å². The fraction of sp³-hybridized carbons (Fsp3) is 0.300. The van der Waals surface area contributed by atoms with E-state index in [1.807, 2.05) is 68.4 Å². The van der Waals surface area contributed by atoms with Gasteiger partial charge in [0.25, 0.3) is 0 Å². The first-order valence-electron chi connectivity index (χ1n) is 12.8. The topological polar surface area (TPSA) is 104 Å². The van der Waals surface area contributed by atoms with Crippen LogP contribution in [0.1, 0.15) is 42.3 Å². The number of ketones is 1. The quantitative estimate of drug-likeness (QED) is 0.296. The van der Waals surface area contributed by atoms with E-state index in [-0.39, 0.29) is 36.4 Å². The molecule has 0 saturated heterocycles. The van der Waals surface area contributed by atoms with Gasteiger partial charge in [0.15, 0.2) is 5.78 Å². The Morgan fingerprint density at radius 2 is 1.55 bits per heavy atom. The van der Waals surface area contributed by atoms with E-state index < -0.39 is 28.5 Å². The van der Waals surface area contributed by atoms with Gasteiger partial charge in [0.1, 0.15) is 12.6 Å². The van der Waals surface area contributed by atoms with Crippen LogP contribution in [-0.4, -0.2) is 55.8 Å². The summed E-state index contributed by atoms with van der Waals surface area (Å²) in [4.78, 5) is 41.0. The van der Waals surface area contributed by atoms with E-state index >= 15 is 0 Å². The summed E-state index contributed by atoms with van der Waals surface area (Å²) in [5.74, 6) is -1.12. The normalized spacial score (nSPS) is 12.1. The standard InChI is InChI=1S/C30H34BrN3O5S/c1-21(2)32-30(37)28(17-23-9-6-5-7-10-23)33(19-24-13-15-26(31)16-14-24)29(36)20-34(40(4,38)39)27-12-8-11-25(18-27)22(3)35/h5-16,18,21,28H,17,19-20H2,1-4H3,(H,32,37)/t28-/m0/s1. The monoisotopic (exact) mass is 627 g/mol. The van der Waals surface area contributed by atoms with Crippen molar-refractivity contribution in [1.82, 2.24) is 10.2 Å². The first-order valence-corrected chi connectivity index (χ1v) is 15.5. The summed E-state index contributed by atoms with van der Waals surface area (Å²) in [6, 6.07) is 21.8. The van der Waals surface area contributed by atoms with Gasteiger partial charge in [-0.05, 0) is 56.2 Å². The predicted octanol–water partition coefficient (Wildman–Crippen LogP) is 4.58. The summed E-state index contributed by atoms with van der Waals surface area (Å²) in [5, 5.41) is 2.92. The van der Waals surface area contributed by atoms with Crippen LogP contribution >= 0.6 is 15.9 Å². The smallest absolute Gasteiger partial charge is 0.244 e. The molecular formula is C30H34BrN3O5S. The molecule has 212 valence electrons. The number of carbonyl (C=O) groups is 3. The fourth-order valence-corrected chi connectivity index (χ4v) is 5.32. The summed E-state index contributed by atoms with van der Waals surface area (Å²) in [6.07, 6.45) is 1.24. The molecule has 0 aliphatic heterocycles. The number of hydrogen-bond acceptors (Lipinski definition) is 5. The second kappa shape index (κ2) is 13.7. The van der Waals surface area contributed by atoms with Crippen LogP contribution in [0.4, 0.5) is 5.69 Å². The minimum absolute atomic E-state index is 0.0835. The van der Waals surface area contributed by atoms with Crippen molar-refractivity contribution in [3.63, 3.8) is 0 Å². The number of nitrogens with zero attached hydrogens (tertiary/aromatic N) is 2. The summed E-state index contributed by atoms with van der Waals surface area (Å²) in [7, 11) is -3.92. The lowest BCUT2D eigenvalue weighted by molar-refractivity contribution is -0.140. The van der Waals surface area contributed by atoms with Gasteiger partial charge in [-0.25, -0.2) is 8.42 Å². The van der Waals surface area contributed by atoms with Gasteiger partial charge in [-0.3, -0.25) is 18.7 Å². The Morgan fingerprint density at radius 3 is 2.12 bits per heavy atom. The van der Waals surface area contributed by atoms with Crippen molar-refractivity contribution in [3.8, 4) is 0 Å². The van der Waals surface area contributed by atoms with Gasteiger partial charge in [-0.15, -0.1) is 0 Å². The molecule has 2 amide bonds. The predicted molar refractivity (Wildman–Crippen MR) is 161 cm³/mol. The zero-order valence-electron chi connectivity index (χ0n) is 23.0. The molecule has 8 nitrogen and oxygen atoms in total. The average molecular weight is 629 g/mol. The number of benzene rings is 3. The van der Waals surface area contributed by atoms with Gasteiger partial charge < -0.3 is 10.2 Å². The van der Waals surface area contributed by atoms with Crippen LogP contribution in [0.15, 0.2) is 83.3 Å². The number of carbonyl (C=O) groups excluding carboxylic acids is 3. The molecule has 0 aromatic heterocycles. The van der Waals surface area contributed by atoms with E-state index in [9.17, 15) is 22.8 Å². The van der Waals surface area contributed by atoms with E-state index in [1.165, 1.54) is 24.0 Å². The van der Waals surface area contributed by atoms with Gasteiger partial charge in [0, 0.05) is 29.0 Å². The Balaban J connectivity index is 2.07. The molecule has 0 unspecified atom stereocenters. The average Bonchev–Trinajstić information content (AvgIpc) is 2.89. The van der Waals surface area contributed by atoms with E-state index in [0.717, 1.165) is 26.2 Å². The van der Waals surface area contributed by atoms with Crippen molar-refractivity contribution in [2.75, 3.05) is 17.1 Å². The van der Waals surface area contributed by atoms with Crippen molar-refractivity contribution in [1.29, 1.82) is 0 Å². The Hall–Kier alpha value is -3.50. The van der Waals surface area contributed by atoms with Crippen molar-refractivity contribution in [2.24, 2.45) is 0 Å². The highest BCUT2D eigenvalue weighted by molar-refractivity contribution is 9.10. The molecule has 1 N–H and O–H groups in total. The number of sulfonamides is 1. The van der Waals surface area contributed by atoms with Crippen molar-refractivity contribution < 1.29 is 22.8 Å². The van der Waals surface area contributed by atoms with Crippen LogP contribution in [0.25, 0.3) is 0 Å². The minimum atomic E-state index is -3.92. The van der Waals surface area contributed by atoms with Gasteiger partial charge in [-0.1, -0.05) is 70.5 Å². The number of Topliss-reactive ketones (excluding diaryl/α,β-unsaturated/α-hetero) is 1. The maximum absolute atomic E-state index is 14.0. The van der Waals surface area contributed by atoms with E-state index in [0.29, 0.717) is 5.56 Å². The summed E-state index contributed by atoms with van der Waals surface area (Å²) in [6.45, 7) is 4.60. The lowest BCUT2D eigenvalue weighted by Gasteiger charge is -2.34. The number of halogens is 1. The fourth-order valence-electron chi connectivity index (χ4n) is 4.21. The zero-order valence-corrected chi connectivity index (χ0v) is 25.4. The van der Waals surface area contributed by atoms with Crippen molar-refractivity contribution >= 4 is 49.2 Å². The Morgan fingerprint density at radius 1 is 0.900 bits per heavy atom. The molecule has 0 fully saturated rings. The van der Waals surface area contributed by atoms with Gasteiger partial charge in [0.2, 0.25) is 21.8 Å². The maximum Gasteiger partial charge on any atom is 0.244 e. The van der Waals surface area contributed by atoms with Crippen LogP contribution < -0.4 is 9.62 Å². The summed E-state index contributed by atoms with van der Waals surface area (Å²) >= 11 is 3.42. The van der Waals surface area contributed by atoms with Crippen LogP contribution in [0, 0.1) is 0 Å². The number of hydrogen-bond donors (Lipinski definition) is 1. The van der Waals surface area contributed by atoms with Crippen LogP contribution in [0.5, 0.6) is 0 Å². The van der Waals surface area contributed by atoms with Gasteiger partial charge in [-0.2, -0.15) is 0 Å². The SMILES string of the molecule is CC(=O)c1cccc(N(CC(=O)N(Cc2ccc(Br)cc2)[C@@H](Cc2ccccc2)C(=O)NC(C)C)S(C)(=O)=O)c1. The largest absolute Gasteiger partial charge is 0.352 e. The lowest BCUT2D eigenvalue weighted by Crippen LogP contribution is -2.54. The highest BCUT2D eigenvalue weighted by Gasteiger charge is 2.33. The maximum atomic E-state index is 14.0. The Kier molecular flexibility index (Phi) is 10.6. The third kappa shape index (κ3) is 8.76.